The van der Waals surface area contributed by atoms with Gasteiger partial charge in [0.2, 0.25) is 5.44 Å². The second kappa shape index (κ2) is 5.96. The molecule has 0 aliphatic rings. The molecule has 0 aromatic heterocycles. The van der Waals surface area contributed by atoms with Crippen LogP contribution >= 0.6 is 0 Å². The van der Waals surface area contributed by atoms with Crippen LogP contribution in [0.2, 0.25) is 0 Å². The van der Waals surface area contributed by atoms with Crippen molar-refractivity contribution in [2.45, 2.75) is 28.7 Å². The predicted molar refractivity (Wildman–Crippen MR) is 58.1 cm³/mol. The summed E-state index contributed by atoms with van der Waals surface area (Å²) in [7, 11) is -11.2. The average molecular weight is 340 g/mol. The highest BCUT2D eigenvalue weighted by molar-refractivity contribution is 7.87. The molecule has 0 aliphatic heterocycles. The van der Waals surface area contributed by atoms with Gasteiger partial charge in [-0.3, -0.25) is 9.11 Å². The molecule has 120 valence electrons. The molecule has 0 aromatic carbocycles. The molecule has 0 saturated carbocycles. The molecule has 0 bridgehead atoms. The molecule has 12 nitrogen and oxygen atoms in total. The molecule has 0 aromatic rings. The molecule has 14 heteroatoms. The van der Waals surface area contributed by atoms with Crippen LogP contribution in [0.3, 0.4) is 0 Å². The third-order valence-corrected chi connectivity index (χ3v) is 4.51. The van der Waals surface area contributed by atoms with Crippen molar-refractivity contribution < 1.29 is 56.3 Å². The molecular weight excluding hydrogens is 328 g/mol. The fraction of sp³-hybridized carbons (Fsp3) is 0.833. The lowest BCUT2D eigenvalue weighted by Crippen LogP contribution is -2.64. The van der Waals surface area contributed by atoms with E-state index in [0.717, 1.165) is 0 Å². The summed E-state index contributed by atoms with van der Waals surface area (Å²) in [5.74, 6) is 0. The summed E-state index contributed by atoms with van der Waals surface area (Å²) in [6, 6.07) is 0. The SMILES string of the molecule is O=C[C@H](O)[C@@](O)([C@@H](O)[C@H](O)C(O)S(=O)(=O)O)S(=O)(=O)O. The van der Waals surface area contributed by atoms with Crippen molar-refractivity contribution in [3.63, 3.8) is 0 Å². The summed E-state index contributed by atoms with van der Waals surface area (Å²) in [6.45, 7) is 0. The summed E-state index contributed by atoms with van der Waals surface area (Å²) in [5.41, 5.74) is -3.19. The Kier molecular flexibility index (Phi) is 5.75. The zero-order chi connectivity index (χ0) is 16.5. The Morgan fingerprint density at radius 1 is 0.950 bits per heavy atom. The van der Waals surface area contributed by atoms with E-state index in [1.165, 1.54) is 0 Å². The van der Waals surface area contributed by atoms with Crippen LogP contribution in [0.1, 0.15) is 0 Å². The van der Waals surface area contributed by atoms with Crippen LogP contribution in [-0.4, -0.2) is 86.4 Å². The van der Waals surface area contributed by atoms with Gasteiger partial charge in [-0.25, -0.2) is 0 Å². The van der Waals surface area contributed by atoms with Gasteiger partial charge >= 0.3 is 10.1 Å². The number of aliphatic hydroxyl groups is 5. The molecule has 0 spiro atoms. The molecule has 5 atom stereocenters. The van der Waals surface area contributed by atoms with Gasteiger partial charge in [-0.2, -0.15) is 16.8 Å². The van der Waals surface area contributed by atoms with Gasteiger partial charge in [-0.05, 0) is 0 Å². The maximum atomic E-state index is 10.9. The van der Waals surface area contributed by atoms with E-state index in [1.807, 2.05) is 0 Å². The first-order valence-corrected chi connectivity index (χ1v) is 7.48. The highest BCUT2D eigenvalue weighted by Gasteiger charge is 2.58. The van der Waals surface area contributed by atoms with Crippen LogP contribution in [0.5, 0.6) is 0 Å². The first kappa shape index (κ1) is 19.3. The van der Waals surface area contributed by atoms with E-state index in [4.69, 9.17) is 24.4 Å². The number of hydrogen-bond donors (Lipinski definition) is 7. The van der Waals surface area contributed by atoms with Crippen molar-refractivity contribution >= 4 is 26.5 Å². The molecule has 0 saturated heterocycles. The van der Waals surface area contributed by atoms with E-state index < -0.39 is 55.2 Å². The highest BCUT2D eigenvalue weighted by Crippen LogP contribution is 2.26. The number of hydrogen-bond acceptors (Lipinski definition) is 10. The van der Waals surface area contributed by atoms with Crippen LogP contribution < -0.4 is 0 Å². The quantitative estimate of drug-likeness (QED) is 0.171. The molecular formula is C6H12O12S2. The molecule has 1 unspecified atom stereocenters. The van der Waals surface area contributed by atoms with Crippen LogP contribution in [0.15, 0.2) is 0 Å². The van der Waals surface area contributed by atoms with Crippen LogP contribution in [0.4, 0.5) is 0 Å². The second-order valence-electron chi connectivity index (χ2n) is 3.65. The highest BCUT2D eigenvalue weighted by atomic mass is 32.2. The topological polar surface area (TPSA) is 227 Å². The second-order valence-corrected chi connectivity index (χ2v) is 6.77. The molecule has 20 heavy (non-hydrogen) atoms. The third-order valence-electron chi connectivity index (χ3n) is 2.31. The fourth-order valence-corrected chi connectivity index (χ4v) is 2.46. The van der Waals surface area contributed by atoms with Crippen molar-refractivity contribution in [2.75, 3.05) is 0 Å². The number of aldehydes is 1. The van der Waals surface area contributed by atoms with E-state index in [2.05, 4.69) is 0 Å². The van der Waals surface area contributed by atoms with E-state index in [-0.39, 0.29) is 0 Å². The largest absolute Gasteiger partial charge is 0.386 e. The number of carbonyl (C=O) groups excluding carboxylic acids is 1. The lowest BCUT2D eigenvalue weighted by Gasteiger charge is -2.34. The summed E-state index contributed by atoms with van der Waals surface area (Å²) < 4.78 is 59.9. The summed E-state index contributed by atoms with van der Waals surface area (Å²) in [4.78, 5) is 6.14. The molecule has 7 N–H and O–H groups in total. The maximum Gasteiger partial charge on any atom is 0.300 e. The Morgan fingerprint density at radius 3 is 1.60 bits per heavy atom. The first-order valence-electron chi connectivity index (χ1n) is 4.54. The number of rotatable bonds is 7. The van der Waals surface area contributed by atoms with Gasteiger partial charge in [-0.1, -0.05) is 0 Å². The zero-order valence-electron chi connectivity index (χ0n) is 9.37. The van der Waals surface area contributed by atoms with Crippen molar-refractivity contribution in [1.29, 1.82) is 0 Å². The van der Waals surface area contributed by atoms with E-state index in [9.17, 15) is 31.8 Å². The van der Waals surface area contributed by atoms with Gasteiger partial charge in [0, 0.05) is 0 Å². The monoisotopic (exact) mass is 340 g/mol. The minimum absolute atomic E-state index is 0.649. The van der Waals surface area contributed by atoms with Crippen LogP contribution in [0.25, 0.3) is 0 Å². The zero-order valence-corrected chi connectivity index (χ0v) is 11.0. The third kappa shape index (κ3) is 3.48. The minimum atomic E-state index is -5.82. The van der Waals surface area contributed by atoms with E-state index in [0.29, 0.717) is 0 Å². The van der Waals surface area contributed by atoms with Gasteiger partial charge in [0.15, 0.2) is 12.4 Å². The van der Waals surface area contributed by atoms with Gasteiger partial charge in [0.05, 0.1) is 0 Å². The normalized spacial score (nSPS) is 22.4. The molecule has 0 heterocycles. The Hall–Kier alpha value is -0.710. The first-order chi connectivity index (χ1) is 8.71. The van der Waals surface area contributed by atoms with Crippen LogP contribution in [-0.2, 0) is 25.0 Å². The van der Waals surface area contributed by atoms with Gasteiger partial charge in [0.25, 0.3) is 15.1 Å². The Labute approximate surface area is 112 Å². The molecule has 0 rings (SSSR count). The van der Waals surface area contributed by atoms with Crippen molar-refractivity contribution in [1.82, 2.24) is 0 Å². The Morgan fingerprint density at radius 2 is 1.35 bits per heavy atom. The summed E-state index contributed by atoms with van der Waals surface area (Å²) in [6.07, 6.45) is -10.0. The fourth-order valence-electron chi connectivity index (χ4n) is 1.15. The summed E-state index contributed by atoms with van der Waals surface area (Å²) in [5, 5.41) is 45.8. The molecule has 0 fully saturated rings. The molecule has 0 aliphatic carbocycles. The van der Waals surface area contributed by atoms with E-state index >= 15 is 0 Å². The standard InChI is InChI=1S/C6H12O12S2/c7-1-2(8)6(12,20(16,17)18)4(10)3(9)5(11)19(13,14)15/h1-5,8-12H,(H,13,14,15)(H,16,17,18)/t2-,3-,4-,5?,6-/m0/s1. The average Bonchev–Trinajstić information content (AvgIpc) is 2.31. The van der Waals surface area contributed by atoms with Gasteiger partial charge < -0.3 is 30.3 Å². The van der Waals surface area contributed by atoms with E-state index in [1.54, 1.807) is 0 Å². The number of aliphatic hydroxyl groups excluding tert-OH is 4. The van der Waals surface area contributed by atoms with Crippen molar-refractivity contribution in [3.05, 3.63) is 0 Å². The summed E-state index contributed by atoms with van der Waals surface area (Å²) >= 11 is 0. The lowest BCUT2D eigenvalue weighted by atomic mass is 10.0. The van der Waals surface area contributed by atoms with Gasteiger partial charge in [0.1, 0.15) is 12.2 Å². The molecule has 0 amide bonds. The lowest BCUT2D eigenvalue weighted by molar-refractivity contribution is -0.153. The predicted octanol–water partition coefficient (Wildman–Crippen LogP) is -4.95. The van der Waals surface area contributed by atoms with Crippen molar-refractivity contribution in [2.24, 2.45) is 0 Å². The smallest absolute Gasteiger partial charge is 0.300 e. The minimum Gasteiger partial charge on any atom is -0.386 e. The maximum absolute atomic E-state index is 10.9. The van der Waals surface area contributed by atoms with Crippen LogP contribution in [0, 0.1) is 0 Å². The Bertz CT molecular complexity index is 550. The number of carbonyl (C=O) groups is 1. The molecule has 0 radical (unpaired) electrons. The Balaban J connectivity index is 5.83. The van der Waals surface area contributed by atoms with Gasteiger partial charge in [-0.15, -0.1) is 0 Å². The van der Waals surface area contributed by atoms with Crippen molar-refractivity contribution in [3.8, 4) is 0 Å².